The maximum Gasteiger partial charge on any atom is 0.338 e. The fraction of sp³-hybridized carbons (Fsp3) is 0.364. The number of carbonyl (C=O) groups excluding carboxylic acids is 2. The van der Waals surface area contributed by atoms with Gasteiger partial charge in [0, 0.05) is 18.7 Å². The number of Topliss-reactive ketones (excluding diaryl/α,β-unsaturated/α-hetero) is 1. The highest BCUT2D eigenvalue weighted by Crippen LogP contribution is 2.22. The van der Waals surface area contributed by atoms with Crippen LogP contribution < -0.4 is 0 Å². The number of sulfonamides is 1. The molecule has 0 spiro atoms. The van der Waals surface area contributed by atoms with E-state index in [0.29, 0.717) is 18.7 Å². The van der Waals surface area contributed by atoms with Gasteiger partial charge in [0.2, 0.25) is 15.8 Å². The van der Waals surface area contributed by atoms with E-state index >= 15 is 0 Å². The topological polar surface area (TPSA) is 80.8 Å². The molecule has 0 saturated carbocycles. The van der Waals surface area contributed by atoms with Gasteiger partial charge in [0.05, 0.1) is 10.5 Å². The van der Waals surface area contributed by atoms with Crippen LogP contribution in [-0.4, -0.2) is 43.7 Å². The minimum absolute atomic E-state index is 0.0583. The lowest BCUT2D eigenvalue weighted by Gasteiger charge is -2.16. The highest BCUT2D eigenvalue weighted by atomic mass is 32.2. The van der Waals surface area contributed by atoms with Gasteiger partial charge in [-0.2, -0.15) is 4.31 Å². The molecule has 1 heterocycles. The molecule has 1 atom stereocenters. The summed E-state index contributed by atoms with van der Waals surface area (Å²) in [6.07, 6.45) is 1.56. The molecule has 29 heavy (non-hydrogen) atoms. The summed E-state index contributed by atoms with van der Waals surface area (Å²) < 4.78 is 32.1. The van der Waals surface area contributed by atoms with E-state index in [9.17, 15) is 18.0 Å². The van der Waals surface area contributed by atoms with Crippen LogP contribution in [0, 0.1) is 0 Å². The first kappa shape index (κ1) is 21.2. The molecule has 0 radical (unpaired) electrons. The molecule has 0 bridgehead atoms. The van der Waals surface area contributed by atoms with Crippen molar-refractivity contribution in [3.8, 4) is 0 Å². The number of aryl methyl sites for hydroxylation is 1. The maximum absolute atomic E-state index is 12.7. The van der Waals surface area contributed by atoms with E-state index in [1.54, 1.807) is 12.1 Å². The molecule has 7 heteroatoms. The van der Waals surface area contributed by atoms with Crippen molar-refractivity contribution in [1.29, 1.82) is 0 Å². The van der Waals surface area contributed by atoms with Crippen LogP contribution in [-0.2, 0) is 21.2 Å². The second kappa shape index (κ2) is 8.88. The van der Waals surface area contributed by atoms with Gasteiger partial charge in [-0.15, -0.1) is 0 Å². The summed E-state index contributed by atoms with van der Waals surface area (Å²) in [5.41, 5.74) is 1.68. The SMILES string of the molecule is CCc1ccc(C(=O)[C@@H](C)OC(=O)c2cccc(S(=O)(=O)N3CCCC3)c2)cc1. The second-order valence-corrected chi connectivity index (χ2v) is 9.04. The number of rotatable bonds is 7. The minimum Gasteiger partial charge on any atom is -0.451 e. The van der Waals surface area contributed by atoms with Crippen molar-refractivity contribution in [2.45, 2.75) is 44.1 Å². The normalized spacial score (nSPS) is 15.8. The van der Waals surface area contributed by atoms with Crippen LogP contribution in [0.5, 0.6) is 0 Å². The molecule has 2 aromatic carbocycles. The van der Waals surface area contributed by atoms with Crippen LogP contribution in [0.25, 0.3) is 0 Å². The van der Waals surface area contributed by atoms with E-state index in [0.717, 1.165) is 24.8 Å². The summed E-state index contributed by atoms with van der Waals surface area (Å²) in [4.78, 5) is 25.1. The summed E-state index contributed by atoms with van der Waals surface area (Å²) in [7, 11) is -3.63. The van der Waals surface area contributed by atoms with Crippen molar-refractivity contribution in [1.82, 2.24) is 4.31 Å². The lowest BCUT2D eigenvalue weighted by molar-refractivity contribution is 0.0318. The molecule has 3 rings (SSSR count). The fourth-order valence-corrected chi connectivity index (χ4v) is 4.85. The zero-order chi connectivity index (χ0) is 21.0. The monoisotopic (exact) mass is 415 g/mol. The highest BCUT2D eigenvalue weighted by molar-refractivity contribution is 7.89. The first-order valence-corrected chi connectivity index (χ1v) is 11.2. The van der Waals surface area contributed by atoms with Crippen LogP contribution in [0.15, 0.2) is 53.4 Å². The standard InChI is InChI=1S/C22H25NO5S/c1-3-17-9-11-18(12-10-17)21(24)16(2)28-22(25)19-7-6-8-20(15-19)29(26,27)23-13-4-5-14-23/h6-12,15-16H,3-5,13-14H2,1-2H3/t16-/m1/s1. The number of ether oxygens (including phenoxy) is 1. The van der Waals surface area contributed by atoms with Crippen molar-refractivity contribution in [2.24, 2.45) is 0 Å². The number of benzene rings is 2. The first-order valence-electron chi connectivity index (χ1n) is 9.77. The Hall–Kier alpha value is -2.51. The van der Waals surface area contributed by atoms with E-state index in [4.69, 9.17) is 4.74 Å². The molecule has 1 saturated heterocycles. The minimum atomic E-state index is -3.63. The van der Waals surface area contributed by atoms with Gasteiger partial charge in [-0.3, -0.25) is 4.79 Å². The third-order valence-electron chi connectivity index (χ3n) is 5.07. The molecule has 0 unspecified atom stereocenters. The summed E-state index contributed by atoms with van der Waals surface area (Å²) in [5, 5.41) is 0. The highest BCUT2D eigenvalue weighted by Gasteiger charge is 2.28. The molecule has 1 aliphatic rings. The van der Waals surface area contributed by atoms with Crippen molar-refractivity contribution >= 4 is 21.8 Å². The quantitative estimate of drug-likeness (QED) is 0.511. The molecule has 1 aliphatic heterocycles. The Labute approximate surface area is 171 Å². The lowest BCUT2D eigenvalue weighted by atomic mass is 10.0. The van der Waals surface area contributed by atoms with Crippen molar-refractivity contribution in [3.05, 3.63) is 65.2 Å². The van der Waals surface area contributed by atoms with E-state index < -0.39 is 22.1 Å². The molecule has 0 aromatic heterocycles. The first-order chi connectivity index (χ1) is 13.8. The third kappa shape index (κ3) is 4.74. The van der Waals surface area contributed by atoms with Gasteiger partial charge >= 0.3 is 5.97 Å². The van der Waals surface area contributed by atoms with Crippen LogP contribution in [0.4, 0.5) is 0 Å². The number of nitrogens with zero attached hydrogens (tertiary/aromatic N) is 1. The number of hydrogen-bond donors (Lipinski definition) is 0. The molecule has 0 N–H and O–H groups in total. The van der Waals surface area contributed by atoms with Gasteiger partial charge in [-0.1, -0.05) is 37.3 Å². The Morgan fingerprint density at radius 1 is 1.03 bits per heavy atom. The fourth-order valence-electron chi connectivity index (χ4n) is 3.28. The zero-order valence-electron chi connectivity index (χ0n) is 16.6. The largest absolute Gasteiger partial charge is 0.451 e. The van der Waals surface area contributed by atoms with Gasteiger partial charge in [0.15, 0.2) is 6.10 Å². The Bertz CT molecular complexity index is 992. The molecule has 0 amide bonds. The molecule has 0 aliphatic carbocycles. The molecule has 154 valence electrons. The predicted molar refractivity (Wildman–Crippen MR) is 109 cm³/mol. The number of esters is 1. The van der Waals surface area contributed by atoms with Crippen molar-refractivity contribution in [2.75, 3.05) is 13.1 Å². The van der Waals surface area contributed by atoms with Gasteiger partial charge in [-0.05, 0) is 49.9 Å². The van der Waals surface area contributed by atoms with Crippen LogP contribution in [0.2, 0.25) is 0 Å². The van der Waals surface area contributed by atoms with Crippen LogP contribution >= 0.6 is 0 Å². The Balaban J connectivity index is 1.72. The Morgan fingerprint density at radius 2 is 1.69 bits per heavy atom. The lowest BCUT2D eigenvalue weighted by Crippen LogP contribution is -2.28. The number of carbonyl (C=O) groups is 2. The van der Waals surface area contributed by atoms with E-state index in [1.807, 2.05) is 19.1 Å². The van der Waals surface area contributed by atoms with Gasteiger partial charge < -0.3 is 4.74 Å². The summed E-state index contributed by atoms with van der Waals surface area (Å²) in [6, 6.07) is 12.9. The summed E-state index contributed by atoms with van der Waals surface area (Å²) >= 11 is 0. The third-order valence-corrected chi connectivity index (χ3v) is 6.97. The van der Waals surface area contributed by atoms with Crippen molar-refractivity contribution in [3.63, 3.8) is 0 Å². The summed E-state index contributed by atoms with van der Waals surface area (Å²) in [6.45, 7) is 4.51. The van der Waals surface area contributed by atoms with Gasteiger partial charge in [0.1, 0.15) is 0 Å². The molecule has 1 fully saturated rings. The van der Waals surface area contributed by atoms with Crippen molar-refractivity contribution < 1.29 is 22.7 Å². The zero-order valence-corrected chi connectivity index (χ0v) is 17.4. The molecular formula is C22H25NO5S. The number of ketones is 1. The Kier molecular flexibility index (Phi) is 6.49. The van der Waals surface area contributed by atoms with Crippen LogP contribution in [0.1, 0.15) is 53.0 Å². The average Bonchev–Trinajstić information content (AvgIpc) is 3.29. The smallest absolute Gasteiger partial charge is 0.338 e. The average molecular weight is 416 g/mol. The molecular weight excluding hydrogens is 390 g/mol. The van der Waals surface area contributed by atoms with Gasteiger partial charge in [0.25, 0.3) is 0 Å². The Morgan fingerprint density at radius 3 is 2.31 bits per heavy atom. The van der Waals surface area contributed by atoms with E-state index in [1.165, 1.54) is 35.5 Å². The number of hydrogen-bond acceptors (Lipinski definition) is 5. The van der Waals surface area contributed by atoms with Gasteiger partial charge in [-0.25, -0.2) is 13.2 Å². The molecule has 6 nitrogen and oxygen atoms in total. The molecule has 2 aromatic rings. The van der Waals surface area contributed by atoms with E-state index in [-0.39, 0.29) is 16.2 Å². The summed E-state index contributed by atoms with van der Waals surface area (Å²) in [5.74, 6) is -1.03. The maximum atomic E-state index is 12.7. The van der Waals surface area contributed by atoms with Crippen LogP contribution in [0.3, 0.4) is 0 Å². The second-order valence-electron chi connectivity index (χ2n) is 7.10. The van der Waals surface area contributed by atoms with E-state index in [2.05, 4.69) is 0 Å². The predicted octanol–water partition coefficient (Wildman–Crippen LogP) is 3.46.